The number of carbonyl (C=O) groups is 2. The molecular formula is C20H22N6O2S. The molecule has 0 bridgehead atoms. The van der Waals surface area contributed by atoms with Crippen molar-refractivity contribution < 1.29 is 9.59 Å². The van der Waals surface area contributed by atoms with Crippen LogP contribution >= 0.6 is 11.8 Å². The van der Waals surface area contributed by atoms with Crippen LogP contribution in [0.15, 0.2) is 35.6 Å². The minimum atomic E-state index is -0.429. The van der Waals surface area contributed by atoms with Crippen molar-refractivity contribution in [2.45, 2.75) is 42.1 Å². The van der Waals surface area contributed by atoms with E-state index in [-0.39, 0.29) is 18.0 Å². The van der Waals surface area contributed by atoms with Crippen LogP contribution in [-0.2, 0) is 4.79 Å². The second kappa shape index (κ2) is 7.31. The number of nitrogens with zero attached hydrogens (tertiary/aromatic N) is 3. The number of aryl methyl sites for hydroxylation is 1. The molecule has 3 aliphatic rings. The van der Waals surface area contributed by atoms with E-state index in [9.17, 15) is 9.59 Å². The highest BCUT2D eigenvalue weighted by Gasteiger charge is 2.47. The van der Waals surface area contributed by atoms with Crippen molar-refractivity contribution in [1.82, 2.24) is 25.9 Å². The van der Waals surface area contributed by atoms with Gasteiger partial charge in [0.05, 0.1) is 23.1 Å². The fraction of sp³-hybridized carbons (Fsp3) is 0.400. The van der Waals surface area contributed by atoms with Gasteiger partial charge in [0.1, 0.15) is 10.3 Å². The molecule has 0 saturated carbocycles. The van der Waals surface area contributed by atoms with E-state index in [2.05, 4.69) is 25.9 Å². The first-order chi connectivity index (χ1) is 14.1. The summed E-state index contributed by atoms with van der Waals surface area (Å²) in [7, 11) is 0. The van der Waals surface area contributed by atoms with E-state index in [0.717, 1.165) is 53.6 Å². The summed E-state index contributed by atoms with van der Waals surface area (Å²) in [6.07, 6.45) is 5.42. The molecule has 0 spiro atoms. The zero-order chi connectivity index (χ0) is 20.0. The maximum Gasteiger partial charge on any atom is 0.327 e. The van der Waals surface area contributed by atoms with Gasteiger partial charge in [-0.2, -0.15) is 0 Å². The number of hydrogen-bond donors (Lipinski definition) is 3. The van der Waals surface area contributed by atoms with E-state index in [1.807, 2.05) is 25.1 Å². The Morgan fingerprint density at radius 2 is 2.17 bits per heavy atom. The zero-order valence-corrected chi connectivity index (χ0v) is 16.8. The summed E-state index contributed by atoms with van der Waals surface area (Å²) in [6.45, 7) is 3.65. The van der Waals surface area contributed by atoms with Gasteiger partial charge in [0, 0.05) is 30.5 Å². The molecule has 9 heteroatoms. The van der Waals surface area contributed by atoms with E-state index < -0.39 is 11.3 Å². The number of pyridine rings is 2. The number of thioether (sulfide) groups is 1. The number of nitrogens with one attached hydrogen (secondary N) is 3. The van der Waals surface area contributed by atoms with Crippen molar-refractivity contribution in [3.63, 3.8) is 0 Å². The number of anilines is 2. The number of urea groups is 1. The lowest BCUT2D eigenvalue weighted by molar-refractivity contribution is -0.121. The molecule has 29 heavy (non-hydrogen) atoms. The number of aromatic nitrogens is 2. The third-order valence-corrected chi connectivity index (χ3v) is 6.92. The first-order valence-corrected chi connectivity index (χ1v) is 10.7. The fourth-order valence-corrected chi connectivity index (χ4v) is 5.47. The van der Waals surface area contributed by atoms with Crippen molar-refractivity contribution in [1.29, 1.82) is 0 Å². The molecule has 2 aromatic heterocycles. The van der Waals surface area contributed by atoms with Gasteiger partial charge in [-0.1, -0.05) is 11.8 Å². The molecule has 0 radical (unpaired) electrons. The third kappa shape index (κ3) is 3.14. The van der Waals surface area contributed by atoms with Crippen molar-refractivity contribution in [3.8, 4) is 0 Å². The molecule has 3 amide bonds. The number of hydrogen-bond acceptors (Lipinski definition) is 6. The SMILES string of the molecule is Cc1ncccc1N1C(=O)NC2c3c1ccnc3S[C@H]2C(=O)NC1CCCNC1. The first-order valence-electron chi connectivity index (χ1n) is 9.82. The van der Waals surface area contributed by atoms with Crippen molar-refractivity contribution >= 4 is 35.1 Å². The van der Waals surface area contributed by atoms with Crippen molar-refractivity contribution in [2.24, 2.45) is 0 Å². The summed E-state index contributed by atoms with van der Waals surface area (Å²) in [5, 5.41) is 9.86. The lowest BCUT2D eigenvalue weighted by atomic mass is 9.99. The van der Waals surface area contributed by atoms with Gasteiger partial charge in [0.15, 0.2) is 0 Å². The Morgan fingerprint density at radius 3 is 2.97 bits per heavy atom. The van der Waals surface area contributed by atoms with Gasteiger partial charge < -0.3 is 16.0 Å². The Morgan fingerprint density at radius 1 is 1.28 bits per heavy atom. The van der Waals surface area contributed by atoms with E-state index in [1.165, 1.54) is 11.8 Å². The minimum Gasteiger partial charge on any atom is -0.351 e. The summed E-state index contributed by atoms with van der Waals surface area (Å²) in [5.74, 6) is -0.0519. The summed E-state index contributed by atoms with van der Waals surface area (Å²) in [6, 6.07) is 5.00. The number of carbonyl (C=O) groups excluding carboxylic acids is 2. The molecule has 3 aliphatic heterocycles. The normalized spacial score (nSPS) is 25.3. The predicted molar refractivity (Wildman–Crippen MR) is 110 cm³/mol. The first kappa shape index (κ1) is 18.4. The van der Waals surface area contributed by atoms with Crippen molar-refractivity contribution in [2.75, 3.05) is 18.0 Å². The van der Waals surface area contributed by atoms with Gasteiger partial charge in [-0.25, -0.2) is 9.78 Å². The Hall–Kier alpha value is -2.65. The van der Waals surface area contributed by atoms with Crippen LogP contribution in [0.2, 0.25) is 0 Å². The van der Waals surface area contributed by atoms with Crippen LogP contribution in [0.3, 0.4) is 0 Å². The van der Waals surface area contributed by atoms with Crippen LogP contribution in [0.4, 0.5) is 16.2 Å². The monoisotopic (exact) mass is 410 g/mol. The zero-order valence-electron chi connectivity index (χ0n) is 16.0. The fourth-order valence-electron chi connectivity index (χ4n) is 4.23. The second-order valence-electron chi connectivity index (χ2n) is 7.51. The lowest BCUT2D eigenvalue weighted by Crippen LogP contribution is -2.52. The predicted octanol–water partition coefficient (Wildman–Crippen LogP) is 2.03. The van der Waals surface area contributed by atoms with Crippen LogP contribution in [-0.4, -0.2) is 46.3 Å². The maximum atomic E-state index is 13.1. The Balaban J connectivity index is 1.47. The molecule has 0 aliphatic carbocycles. The molecule has 2 unspecified atom stereocenters. The number of amides is 3. The van der Waals surface area contributed by atoms with Gasteiger partial charge in [0.2, 0.25) is 5.91 Å². The lowest BCUT2D eigenvalue weighted by Gasteiger charge is -2.35. The molecule has 8 nitrogen and oxygen atoms in total. The van der Waals surface area contributed by atoms with Crippen LogP contribution in [0, 0.1) is 6.92 Å². The highest BCUT2D eigenvalue weighted by atomic mass is 32.2. The standard InChI is InChI=1S/C20H22N6O2S/c1-11-13(5-3-8-22-11)26-14-6-9-23-19-15(14)16(25-20(26)28)17(29-19)18(27)24-12-4-2-7-21-10-12/h3,5-6,8-9,12,16-17,21H,2,4,7,10H2,1H3,(H,24,27)(H,25,28)/t12?,16?,17-/m1/s1. The Labute approximate surface area is 172 Å². The van der Waals surface area contributed by atoms with Crippen LogP contribution in [0.1, 0.15) is 30.1 Å². The van der Waals surface area contributed by atoms with E-state index in [4.69, 9.17) is 0 Å². The summed E-state index contributed by atoms with van der Waals surface area (Å²) in [5.41, 5.74) is 3.16. The highest BCUT2D eigenvalue weighted by molar-refractivity contribution is 8.01. The van der Waals surface area contributed by atoms with Crippen LogP contribution < -0.4 is 20.9 Å². The molecule has 3 N–H and O–H groups in total. The second-order valence-corrected chi connectivity index (χ2v) is 8.64. The van der Waals surface area contributed by atoms with Gasteiger partial charge in [-0.15, -0.1) is 0 Å². The van der Waals surface area contributed by atoms with Gasteiger partial charge >= 0.3 is 6.03 Å². The smallest absolute Gasteiger partial charge is 0.327 e. The Bertz CT molecular complexity index is 977. The Kier molecular flexibility index (Phi) is 4.63. The molecule has 3 atom stereocenters. The number of rotatable bonds is 3. The third-order valence-electron chi connectivity index (χ3n) is 5.63. The van der Waals surface area contributed by atoms with E-state index in [1.54, 1.807) is 17.3 Å². The molecule has 150 valence electrons. The van der Waals surface area contributed by atoms with Gasteiger partial charge in [-0.3, -0.25) is 14.7 Å². The van der Waals surface area contributed by atoms with Gasteiger partial charge in [0.25, 0.3) is 0 Å². The molecule has 1 saturated heterocycles. The molecule has 2 aromatic rings. The maximum absolute atomic E-state index is 13.1. The average Bonchev–Trinajstić information content (AvgIpc) is 3.10. The molecule has 5 heterocycles. The van der Waals surface area contributed by atoms with Crippen LogP contribution in [0.25, 0.3) is 0 Å². The highest BCUT2D eigenvalue weighted by Crippen LogP contribution is 2.50. The minimum absolute atomic E-state index is 0.0519. The molecular weight excluding hydrogens is 388 g/mol. The van der Waals surface area contributed by atoms with Crippen molar-refractivity contribution in [3.05, 3.63) is 41.9 Å². The summed E-state index contributed by atoms with van der Waals surface area (Å²) < 4.78 is 0. The van der Waals surface area contributed by atoms with E-state index in [0.29, 0.717) is 0 Å². The molecule has 0 aromatic carbocycles. The van der Waals surface area contributed by atoms with Crippen LogP contribution in [0.5, 0.6) is 0 Å². The van der Waals surface area contributed by atoms with Gasteiger partial charge in [-0.05, 0) is 44.5 Å². The summed E-state index contributed by atoms with van der Waals surface area (Å²) >= 11 is 1.42. The average molecular weight is 411 g/mol. The molecule has 1 fully saturated rings. The molecule has 5 rings (SSSR count). The quantitative estimate of drug-likeness (QED) is 0.716. The number of piperidine rings is 1. The topological polar surface area (TPSA) is 99.2 Å². The van der Waals surface area contributed by atoms with E-state index >= 15 is 0 Å². The summed E-state index contributed by atoms with van der Waals surface area (Å²) in [4.78, 5) is 36.5. The largest absolute Gasteiger partial charge is 0.351 e.